The highest BCUT2D eigenvalue weighted by Gasteiger charge is 2.24. The second-order valence-corrected chi connectivity index (χ2v) is 6.26. The minimum Gasteiger partial charge on any atom is -0.493 e. The van der Waals surface area contributed by atoms with Gasteiger partial charge in [-0.25, -0.2) is 0 Å². The van der Waals surface area contributed by atoms with E-state index < -0.39 is 0 Å². The number of benzene rings is 1. The maximum atomic E-state index is 5.55. The lowest BCUT2D eigenvalue weighted by Crippen LogP contribution is -2.45. The second-order valence-electron chi connectivity index (χ2n) is 6.26. The Labute approximate surface area is 170 Å². The molecule has 0 amide bonds. The molecule has 1 atom stereocenters. The first kappa shape index (κ1) is 25.1. The molecule has 0 spiro atoms. The van der Waals surface area contributed by atoms with Gasteiger partial charge in [0.15, 0.2) is 11.5 Å². The predicted molar refractivity (Wildman–Crippen MR) is 112 cm³/mol. The van der Waals surface area contributed by atoms with Crippen molar-refractivity contribution in [2.24, 2.45) is 0 Å². The molecule has 2 rings (SSSR count). The van der Waals surface area contributed by atoms with Gasteiger partial charge >= 0.3 is 0 Å². The number of halogens is 2. The number of nitrogens with one attached hydrogen (secondary N) is 1. The smallest absolute Gasteiger partial charge is 0.203 e. The lowest BCUT2D eigenvalue weighted by atomic mass is 9.97. The van der Waals surface area contributed by atoms with Gasteiger partial charge in [0, 0.05) is 32.2 Å². The van der Waals surface area contributed by atoms with Crippen molar-refractivity contribution in [3.05, 3.63) is 17.7 Å². The Morgan fingerprint density at radius 1 is 0.962 bits per heavy atom. The van der Waals surface area contributed by atoms with Gasteiger partial charge in [0.1, 0.15) is 0 Å². The van der Waals surface area contributed by atoms with E-state index in [9.17, 15) is 0 Å². The average molecular weight is 409 g/mol. The van der Waals surface area contributed by atoms with Crippen LogP contribution in [0.15, 0.2) is 12.1 Å². The van der Waals surface area contributed by atoms with E-state index in [2.05, 4.69) is 29.3 Å². The Kier molecular flexibility index (Phi) is 12.9. The second kappa shape index (κ2) is 13.3. The molecule has 0 bridgehead atoms. The Bertz CT molecular complexity index is 487. The summed E-state index contributed by atoms with van der Waals surface area (Å²) in [5.41, 5.74) is 1.25. The molecule has 0 unspecified atom stereocenters. The van der Waals surface area contributed by atoms with Crippen molar-refractivity contribution in [2.75, 3.05) is 47.5 Å². The van der Waals surface area contributed by atoms with Gasteiger partial charge in [0.05, 0.1) is 21.3 Å². The highest BCUT2D eigenvalue weighted by molar-refractivity contribution is 5.85. The summed E-state index contributed by atoms with van der Waals surface area (Å²) in [5.74, 6) is 2.14. The van der Waals surface area contributed by atoms with Gasteiger partial charge in [-0.2, -0.15) is 0 Å². The zero-order chi connectivity index (χ0) is 17.4. The molecule has 0 aromatic heterocycles. The molecule has 1 aromatic rings. The standard InChI is InChI=1S/C19H32N2O3.2ClH/c1-5-6-7-8-16(21-11-9-20-10-12-21)15-13-17(22-2)19(24-4)18(14-15)23-3;;/h13-14,16,20H,5-12H2,1-4H3;2*1H/t16-;;/m1../s1. The number of ether oxygens (including phenoxy) is 3. The maximum Gasteiger partial charge on any atom is 0.203 e. The number of piperazine rings is 1. The number of methoxy groups -OCH3 is 3. The summed E-state index contributed by atoms with van der Waals surface area (Å²) in [6.07, 6.45) is 4.91. The van der Waals surface area contributed by atoms with Crippen molar-refractivity contribution in [2.45, 2.75) is 38.6 Å². The topological polar surface area (TPSA) is 43.0 Å². The molecule has 1 aliphatic rings. The lowest BCUT2D eigenvalue weighted by molar-refractivity contribution is 0.162. The molecular formula is C19H34Cl2N2O3. The Morgan fingerprint density at radius 3 is 2.00 bits per heavy atom. The van der Waals surface area contributed by atoms with Gasteiger partial charge in [-0.3, -0.25) is 4.90 Å². The number of hydrogen-bond donors (Lipinski definition) is 1. The van der Waals surface area contributed by atoms with E-state index in [4.69, 9.17) is 14.2 Å². The molecule has 26 heavy (non-hydrogen) atoms. The van der Waals surface area contributed by atoms with Crippen LogP contribution < -0.4 is 19.5 Å². The van der Waals surface area contributed by atoms with E-state index in [1.165, 1.54) is 24.8 Å². The maximum absolute atomic E-state index is 5.55. The molecule has 0 radical (unpaired) electrons. The average Bonchev–Trinajstić information content (AvgIpc) is 2.64. The SMILES string of the molecule is CCCCC[C@H](c1cc(OC)c(OC)c(OC)c1)N1CCNCC1.Cl.Cl. The van der Waals surface area contributed by atoms with Crippen LogP contribution in [0.3, 0.4) is 0 Å². The first-order valence-corrected chi connectivity index (χ1v) is 8.99. The fourth-order valence-corrected chi connectivity index (χ4v) is 3.44. The quantitative estimate of drug-likeness (QED) is 0.623. The van der Waals surface area contributed by atoms with Gasteiger partial charge in [-0.05, 0) is 24.1 Å². The van der Waals surface area contributed by atoms with E-state index in [-0.39, 0.29) is 24.8 Å². The molecular weight excluding hydrogens is 375 g/mol. The number of hydrogen-bond acceptors (Lipinski definition) is 5. The molecule has 7 heteroatoms. The Balaban J connectivity index is 0.00000312. The molecule has 0 saturated carbocycles. The van der Waals surface area contributed by atoms with Gasteiger partial charge in [-0.15, -0.1) is 24.8 Å². The molecule has 5 nitrogen and oxygen atoms in total. The predicted octanol–water partition coefficient (Wildman–Crippen LogP) is 4.08. The molecule has 1 saturated heterocycles. The van der Waals surface area contributed by atoms with E-state index in [0.29, 0.717) is 11.8 Å². The first-order chi connectivity index (χ1) is 11.7. The van der Waals surface area contributed by atoms with Gasteiger partial charge in [-0.1, -0.05) is 26.2 Å². The Hall–Kier alpha value is -0.880. The van der Waals surface area contributed by atoms with Crippen LogP contribution in [-0.4, -0.2) is 52.4 Å². The zero-order valence-electron chi connectivity index (χ0n) is 16.4. The minimum absolute atomic E-state index is 0. The Morgan fingerprint density at radius 2 is 1.54 bits per heavy atom. The summed E-state index contributed by atoms with van der Waals surface area (Å²) in [5, 5.41) is 3.44. The van der Waals surface area contributed by atoms with E-state index in [1.807, 2.05) is 0 Å². The minimum atomic E-state index is 0. The van der Waals surface area contributed by atoms with E-state index >= 15 is 0 Å². The van der Waals surface area contributed by atoms with Crippen LogP contribution >= 0.6 is 24.8 Å². The van der Waals surface area contributed by atoms with Crippen LogP contribution in [0.4, 0.5) is 0 Å². The first-order valence-electron chi connectivity index (χ1n) is 8.99. The van der Waals surface area contributed by atoms with Gasteiger partial charge < -0.3 is 19.5 Å². The molecule has 0 aliphatic carbocycles. The number of unbranched alkanes of at least 4 members (excludes halogenated alkanes) is 2. The third-order valence-electron chi connectivity index (χ3n) is 4.75. The molecule has 1 aliphatic heterocycles. The molecule has 1 fully saturated rings. The van der Waals surface area contributed by atoms with Crippen molar-refractivity contribution >= 4 is 24.8 Å². The fraction of sp³-hybridized carbons (Fsp3) is 0.684. The third kappa shape index (κ3) is 6.38. The van der Waals surface area contributed by atoms with Crippen LogP contribution in [0.25, 0.3) is 0 Å². The summed E-state index contributed by atoms with van der Waals surface area (Å²) in [6, 6.07) is 4.62. The number of rotatable bonds is 9. The van der Waals surface area contributed by atoms with Crippen LogP contribution in [-0.2, 0) is 0 Å². The van der Waals surface area contributed by atoms with Crippen LogP contribution in [0, 0.1) is 0 Å². The molecule has 152 valence electrons. The third-order valence-corrected chi connectivity index (χ3v) is 4.75. The normalized spacial score (nSPS) is 15.4. The van der Waals surface area contributed by atoms with Crippen molar-refractivity contribution in [1.29, 1.82) is 0 Å². The van der Waals surface area contributed by atoms with Crippen molar-refractivity contribution in [1.82, 2.24) is 10.2 Å². The summed E-state index contributed by atoms with van der Waals surface area (Å²) < 4.78 is 16.6. The summed E-state index contributed by atoms with van der Waals surface area (Å²) in [6.45, 7) is 6.50. The highest BCUT2D eigenvalue weighted by atomic mass is 35.5. The largest absolute Gasteiger partial charge is 0.493 e. The molecule has 1 N–H and O–H groups in total. The summed E-state index contributed by atoms with van der Waals surface area (Å²) >= 11 is 0. The van der Waals surface area contributed by atoms with Gasteiger partial charge in [0.2, 0.25) is 5.75 Å². The molecule has 1 heterocycles. The van der Waals surface area contributed by atoms with Crippen LogP contribution in [0.5, 0.6) is 17.2 Å². The van der Waals surface area contributed by atoms with Gasteiger partial charge in [0.25, 0.3) is 0 Å². The molecule has 1 aromatic carbocycles. The van der Waals surface area contributed by atoms with E-state index in [1.54, 1.807) is 21.3 Å². The summed E-state index contributed by atoms with van der Waals surface area (Å²) in [7, 11) is 5.00. The summed E-state index contributed by atoms with van der Waals surface area (Å²) in [4.78, 5) is 2.58. The number of nitrogens with zero attached hydrogens (tertiary/aromatic N) is 1. The van der Waals surface area contributed by atoms with Crippen LogP contribution in [0.2, 0.25) is 0 Å². The highest BCUT2D eigenvalue weighted by Crippen LogP contribution is 2.41. The van der Waals surface area contributed by atoms with E-state index in [0.717, 1.165) is 44.1 Å². The van der Waals surface area contributed by atoms with Crippen LogP contribution in [0.1, 0.15) is 44.2 Å². The fourth-order valence-electron chi connectivity index (χ4n) is 3.44. The van der Waals surface area contributed by atoms with Crippen molar-refractivity contribution in [3.63, 3.8) is 0 Å². The van der Waals surface area contributed by atoms with Crippen molar-refractivity contribution < 1.29 is 14.2 Å². The zero-order valence-corrected chi connectivity index (χ0v) is 18.0. The monoisotopic (exact) mass is 408 g/mol. The lowest BCUT2D eigenvalue weighted by Gasteiger charge is -2.35. The van der Waals surface area contributed by atoms with Crippen molar-refractivity contribution in [3.8, 4) is 17.2 Å².